The monoisotopic (exact) mass is 795 g/mol. The van der Waals surface area contributed by atoms with Crippen LogP contribution in [-0.2, 0) is 35.1 Å². The summed E-state index contributed by atoms with van der Waals surface area (Å²) in [5.74, 6) is -4.82. The Hall–Kier alpha value is -3.82. The van der Waals surface area contributed by atoms with Gasteiger partial charge in [0.2, 0.25) is 0 Å². The molecule has 0 aliphatic carbocycles. The van der Waals surface area contributed by atoms with Gasteiger partial charge in [0, 0.05) is 91.8 Å². The minimum atomic E-state index is -1.18. The Morgan fingerprint density at radius 2 is 1.60 bits per heavy atom. The van der Waals surface area contributed by atoms with Gasteiger partial charge in [0.15, 0.2) is 12.1 Å². The maximum atomic E-state index is 14.4. The van der Waals surface area contributed by atoms with Gasteiger partial charge < -0.3 is 39.1 Å². The highest BCUT2D eigenvalue weighted by Gasteiger charge is 2.45. The summed E-state index contributed by atoms with van der Waals surface area (Å²) in [6.45, 7) is 13.4. The number of carbonyl (C=O) groups excluding carboxylic acids is 3. The Morgan fingerprint density at radius 3 is 2.23 bits per heavy atom. The van der Waals surface area contributed by atoms with Crippen molar-refractivity contribution < 1.29 is 43.6 Å². The number of ether oxygens (including phenoxy) is 3. The second-order valence-electron chi connectivity index (χ2n) is 16.7. The number of aliphatic hydroxyl groups excluding tert-OH is 1. The van der Waals surface area contributed by atoms with Gasteiger partial charge in [0.1, 0.15) is 23.9 Å². The highest BCUT2D eigenvalue weighted by Crippen LogP contribution is 2.34. The van der Waals surface area contributed by atoms with Crippen LogP contribution in [0.15, 0.2) is 43.0 Å². The van der Waals surface area contributed by atoms with Gasteiger partial charge in [-0.3, -0.25) is 24.4 Å². The van der Waals surface area contributed by atoms with Crippen LogP contribution in [0.2, 0.25) is 0 Å². The fourth-order valence-electron chi connectivity index (χ4n) is 8.45. The lowest BCUT2D eigenvalue weighted by Gasteiger charge is -2.44. The van der Waals surface area contributed by atoms with Crippen LogP contribution < -0.4 is 0 Å². The molecule has 2 aliphatic rings. The molecule has 14 heteroatoms. The van der Waals surface area contributed by atoms with Crippen LogP contribution in [0.1, 0.15) is 79.7 Å². The van der Waals surface area contributed by atoms with E-state index in [0.717, 1.165) is 16.7 Å². The number of nitrogens with zero attached hydrogens (tertiary/aromatic N) is 5. The number of ketones is 2. The Morgan fingerprint density at radius 1 is 0.895 bits per heavy atom. The maximum absolute atomic E-state index is 14.4. The third-order valence-electron chi connectivity index (χ3n) is 11.9. The first-order valence-electron chi connectivity index (χ1n) is 20.4. The molecule has 0 bridgehead atoms. The van der Waals surface area contributed by atoms with Crippen LogP contribution in [0.5, 0.6) is 0 Å². The first kappa shape index (κ1) is 45.9. The first-order chi connectivity index (χ1) is 26.9. The summed E-state index contributed by atoms with van der Waals surface area (Å²) in [5, 5.41) is 22.0. The molecule has 12 atom stereocenters. The maximum Gasteiger partial charge on any atom is 0.407 e. The molecule has 2 N–H and O–H groups in total. The number of Topliss-reactive ketones (excluding diaryl/α,β-unsaturated/α-hetero) is 2. The van der Waals surface area contributed by atoms with E-state index in [1.165, 1.54) is 11.8 Å². The highest BCUT2D eigenvalue weighted by molar-refractivity contribution is 6.00. The number of hydrogen-bond donors (Lipinski definition) is 2. The summed E-state index contributed by atoms with van der Waals surface area (Å²) in [7, 11) is 5.66. The van der Waals surface area contributed by atoms with E-state index in [1.54, 1.807) is 38.6 Å². The minimum absolute atomic E-state index is 0.0921. The number of carboxylic acid groups (broad SMARTS) is 1. The summed E-state index contributed by atoms with van der Waals surface area (Å²) in [4.78, 5) is 68.9. The Bertz CT molecular complexity index is 1650. The number of likely N-dealkylation sites (N-methyl/N-ethyl adjacent to an activating group) is 2. The summed E-state index contributed by atoms with van der Waals surface area (Å²) in [6.07, 6.45) is 3.41. The topological polar surface area (TPSA) is 172 Å². The van der Waals surface area contributed by atoms with Crippen molar-refractivity contribution in [2.45, 2.75) is 123 Å². The van der Waals surface area contributed by atoms with Crippen LogP contribution in [-0.4, -0.2) is 136 Å². The minimum Gasteiger partial charge on any atom is -0.465 e. The molecule has 0 radical (unpaired) electrons. The van der Waals surface area contributed by atoms with E-state index < -0.39 is 66.4 Å². The average Bonchev–Trinajstić information content (AvgIpc) is 3.18. The second kappa shape index (κ2) is 20.7. The molecule has 2 saturated heterocycles. The number of cyclic esters (lactones) is 1. The van der Waals surface area contributed by atoms with Crippen molar-refractivity contribution in [2.75, 3.05) is 34.2 Å². The van der Waals surface area contributed by atoms with E-state index in [9.17, 15) is 29.4 Å². The van der Waals surface area contributed by atoms with E-state index >= 15 is 0 Å². The Labute approximate surface area is 338 Å². The van der Waals surface area contributed by atoms with Gasteiger partial charge in [-0.2, -0.15) is 0 Å². The van der Waals surface area contributed by atoms with Gasteiger partial charge in [-0.25, -0.2) is 4.79 Å². The molecule has 4 rings (SSSR count). The molecule has 2 aromatic heterocycles. The van der Waals surface area contributed by atoms with E-state index in [0.29, 0.717) is 32.4 Å². The van der Waals surface area contributed by atoms with Gasteiger partial charge >= 0.3 is 12.1 Å². The van der Waals surface area contributed by atoms with Gasteiger partial charge in [-0.15, -0.1) is 0 Å². The SMILES string of the molecule is CC[C@@H]1C[C@H](N(CCN(C)Cc2cncc(-c3cccnc3)c2)C(=O)O)[C@@H](C)C(=O)[C@H](C)C[C@H](C)[C@H](O[C@@H]2O[C@H](C)C[C@H](N(C)C)[C@H]2O)[C@@H](C)C(=O)[C@@H](C)C(=O)O1. The molecule has 316 valence electrons. The number of esters is 1. The third-order valence-corrected chi connectivity index (χ3v) is 11.9. The largest absolute Gasteiger partial charge is 0.465 e. The molecule has 0 aromatic carbocycles. The average molecular weight is 796 g/mol. The number of hydrogen-bond acceptors (Lipinski definition) is 12. The number of aliphatic hydroxyl groups is 1. The quantitative estimate of drug-likeness (QED) is 0.226. The predicted molar refractivity (Wildman–Crippen MR) is 215 cm³/mol. The fourth-order valence-corrected chi connectivity index (χ4v) is 8.45. The van der Waals surface area contributed by atoms with Crippen LogP contribution in [0.3, 0.4) is 0 Å². The molecular formula is C43H65N5O9. The van der Waals surface area contributed by atoms with Crippen LogP contribution in [0.4, 0.5) is 4.79 Å². The van der Waals surface area contributed by atoms with Gasteiger partial charge in [-0.1, -0.05) is 40.7 Å². The van der Waals surface area contributed by atoms with Crippen LogP contribution >= 0.6 is 0 Å². The van der Waals surface area contributed by atoms with Crippen molar-refractivity contribution in [1.82, 2.24) is 24.7 Å². The van der Waals surface area contributed by atoms with Crippen molar-refractivity contribution in [2.24, 2.45) is 29.6 Å². The zero-order valence-corrected chi connectivity index (χ0v) is 35.4. The molecule has 57 heavy (non-hydrogen) atoms. The highest BCUT2D eigenvalue weighted by atomic mass is 16.7. The summed E-state index contributed by atoms with van der Waals surface area (Å²) in [5.41, 5.74) is 2.81. The Balaban J connectivity index is 1.59. The van der Waals surface area contributed by atoms with Gasteiger partial charge in [0.25, 0.3) is 0 Å². The lowest BCUT2D eigenvalue weighted by Crippen LogP contribution is -2.56. The molecule has 4 heterocycles. The zero-order valence-electron chi connectivity index (χ0n) is 35.4. The van der Waals surface area contributed by atoms with E-state index in [-0.39, 0.29) is 42.6 Å². The van der Waals surface area contributed by atoms with Crippen molar-refractivity contribution >= 4 is 23.6 Å². The summed E-state index contributed by atoms with van der Waals surface area (Å²) < 4.78 is 18.6. The standard InChI is InChI=1S/C43H65N5O9/c1-11-34-20-35(48(43(53)54)16-15-47(10)24-31-19-33(23-45-21-31)32-13-12-14-44-22-32)28(5)37(49)25(2)17-26(3)40(29(6)38(50)30(7)41(52)56-34)57-42-39(51)36(46(8)9)18-27(4)55-42/h12-14,19,21-23,25-30,34-36,39-40,42,51H,11,15-18,20,24H2,1-10H3,(H,53,54)/t25-,26+,27-,28-,29+,30-,34-,35+,36+,39-,40+,42+/m1/s1. The Kier molecular flexibility index (Phi) is 16.7. The zero-order chi connectivity index (χ0) is 42.1. The van der Waals surface area contributed by atoms with E-state index in [1.807, 2.05) is 76.8 Å². The second-order valence-corrected chi connectivity index (χ2v) is 16.7. The lowest BCUT2D eigenvalue weighted by atomic mass is 9.78. The van der Waals surface area contributed by atoms with E-state index in [2.05, 4.69) is 9.97 Å². The summed E-state index contributed by atoms with van der Waals surface area (Å²) >= 11 is 0. The molecule has 2 fully saturated rings. The number of rotatable bonds is 11. The number of pyridine rings is 2. The van der Waals surface area contributed by atoms with Crippen LogP contribution in [0.25, 0.3) is 11.1 Å². The molecule has 2 aromatic rings. The first-order valence-corrected chi connectivity index (χ1v) is 20.4. The number of carbonyl (C=O) groups is 4. The fraction of sp³-hybridized carbons (Fsp3) is 0.674. The van der Waals surface area contributed by atoms with Gasteiger partial charge in [0.05, 0.1) is 12.2 Å². The number of aromatic nitrogens is 2. The van der Waals surface area contributed by atoms with Crippen LogP contribution in [0, 0.1) is 29.6 Å². The van der Waals surface area contributed by atoms with Gasteiger partial charge in [-0.05, 0) is 77.9 Å². The van der Waals surface area contributed by atoms with E-state index in [4.69, 9.17) is 14.2 Å². The van der Waals surface area contributed by atoms with Crippen molar-refractivity contribution in [3.63, 3.8) is 0 Å². The van der Waals surface area contributed by atoms with Crippen molar-refractivity contribution in [3.05, 3.63) is 48.5 Å². The van der Waals surface area contributed by atoms with Crippen molar-refractivity contribution in [1.29, 1.82) is 0 Å². The molecule has 14 nitrogen and oxygen atoms in total. The normalized spacial score (nSPS) is 32.2. The smallest absolute Gasteiger partial charge is 0.407 e. The molecule has 1 amide bonds. The predicted octanol–water partition coefficient (Wildman–Crippen LogP) is 5.17. The third kappa shape index (κ3) is 11.9. The summed E-state index contributed by atoms with van der Waals surface area (Å²) in [6, 6.07) is 4.80. The molecule has 2 aliphatic heterocycles. The molecular weight excluding hydrogens is 730 g/mol. The molecule has 0 spiro atoms. The molecule has 0 unspecified atom stereocenters. The number of amides is 1. The lowest BCUT2D eigenvalue weighted by molar-refractivity contribution is -0.278. The molecule has 0 saturated carbocycles. The van der Waals surface area contributed by atoms with Crippen molar-refractivity contribution in [3.8, 4) is 11.1 Å².